The van der Waals surface area contributed by atoms with E-state index >= 15 is 0 Å². The lowest BCUT2D eigenvalue weighted by molar-refractivity contribution is 0.112. The standard InChI is InChI=1S/C10H6BrNO/c11-10-7(6-13)3-4-9-8(10)2-1-5-12-9/h1-6H. The summed E-state index contributed by atoms with van der Waals surface area (Å²) < 4.78 is 0.813. The molecule has 13 heavy (non-hydrogen) atoms. The largest absolute Gasteiger partial charge is 0.298 e. The topological polar surface area (TPSA) is 30.0 Å². The van der Waals surface area contributed by atoms with E-state index in [9.17, 15) is 4.79 Å². The second-order valence-electron chi connectivity index (χ2n) is 2.66. The smallest absolute Gasteiger partial charge is 0.151 e. The molecule has 0 aliphatic heterocycles. The summed E-state index contributed by atoms with van der Waals surface area (Å²) in [6.45, 7) is 0. The van der Waals surface area contributed by atoms with E-state index in [1.54, 1.807) is 12.3 Å². The Morgan fingerprint density at radius 1 is 1.31 bits per heavy atom. The normalized spacial score (nSPS) is 10.2. The molecule has 0 fully saturated rings. The number of fused-ring (bicyclic) bond motifs is 1. The third kappa shape index (κ3) is 1.35. The van der Waals surface area contributed by atoms with Gasteiger partial charge in [-0.2, -0.15) is 0 Å². The van der Waals surface area contributed by atoms with Gasteiger partial charge in [0.2, 0.25) is 0 Å². The number of hydrogen-bond acceptors (Lipinski definition) is 2. The molecule has 2 rings (SSSR count). The SMILES string of the molecule is O=Cc1ccc2ncccc2c1Br. The van der Waals surface area contributed by atoms with Gasteiger partial charge in [-0.05, 0) is 34.1 Å². The summed E-state index contributed by atoms with van der Waals surface area (Å²) in [5, 5.41) is 0.965. The number of carbonyl (C=O) groups is 1. The van der Waals surface area contributed by atoms with Crippen molar-refractivity contribution in [3.05, 3.63) is 40.5 Å². The molecule has 0 radical (unpaired) electrons. The predicted molar refractivity (Wildman–Crippen MR) is 54.8 cm³/mol. The number of rotatable bonds is 1. The van der Waals surface area contributed by atoms with E-state index in [1.165, 1.54) is 0 Å². The van der Waals surface area contributed by atoms with Crippen LogP contribution in [0.5, 0.6) is 0 Å². The summed E-state index contributed by atoms with van der Waals surface area (Å²) in [6, 6.07) is 7.37. The lowest BCUT2D eigenvalue weighted by Crippen LogP contribution is -1.85. The van der Waals surface area contributed by atoms with Crippen LogP contribution in [0.15, 0.2) is 34.9 Å². The molecule has 64 valence electrons. The Hall–Kier alpha value is -1.22. The van der Waals surface area contributed by atoms with Gasteiger partial charge in [0.25, 0.3) is 0 Å². The Morgan fingerprint density at radius 3 is 2.92 bits per heavy atom. The molecule has 0 saturated carbocycles. The second kappa shape index (κ2) is 3.26. The lowest BCUT2D eigenvalue weighted by Gasteiger charge is -2.00. The summed E-state index contributed by atoms with van der Waals surface area (Å²) >= 11 is 3.37. The number of hydrogen-bond donors (Lipinski definition) is 0. The van der Waals surface area contributed by atoms with Crippen LogP contribution in [0, 0.1) is 0 Å². The van der Waals surface area contributed by atoms with Gasteiger partial charge < -0.3 is 0 Å². The average molecular weight is 236 g/mol. The van der Waals surface area contributed by atoms with Gasteiger partial charge in [-0.3, -0.25) is 9.78 Å². The van der Waals surface area contributed by atoms with Crippen LogP contribution >= 0.6 is 15.9 Å². The molecule has 0 bridgehead atoms. The molecule has 0 aliphatic rings. The third-order valence-electron chi connectivity index (χ3n) is 1.88. The number of aromatic nitrogens is 1. The molecule has 3 heteroatoms. The first-order valence-electron chi connectivity index (χ1n) is 3.81. The maximum atomic E-state index is 10.6. The van der Waals surface area contributed by atoms with Crippen molar-refractivity contribution in [3.63, 3.8) is 0 Å². The molecule has 1 aromatic heterocycles. The number of pyridine rings is 1. The predicted octanol–water partition coefficient (Wildman–Crippen LogP) is 2.81. The van der Waals surface area contributed by atoms with E-state index in [0.717, 1.165) is 21.7 Å². The fourth-order valence-corrected chi connectivity index (χ4v) is 1.79. The molecule has 2 aromatic rings. The van der Waals surface area contributed by atoms with Crippen molar-refractivity contribution in [1.29, 1.82) is 0 Å². The van der Waals surface area contributed by atoms with Crippen molar-refractivity contribution in [3.8, 4) is 0 Å². The van der Waals surface area contributed by atoms with E-state index in [2.05, 4.69) is 20.9 Å². The molecule has 0 aliphatic carbocycles. The number of nitrogens with zero attached hydrogens (tertiary/aromatic N) is 1. The minimum Gasteiger partial charge on any atom is -0.298 e. The van der Waals surface area contributed by atoms with Crippen molar-refractivity contribution in [1.82, 2.24) is 4.98 Å². The molecule has 0 unspecified atom stereocenters. The highest BCUT2D eigenvalue weighted by Crippen LogP contribution is 2.25. The zero-order valence-electron chi connectivity index (χ0n) is 6.70. The number of halogens is 1. The fraction of sp³-hybridized carbons (Fsp3) is 0. The van der Waals surface area contributed by atoms with E-state index in [0.29, 0.717) is 5.56 Å². The van der Waals surface area contributed by atoms with E-state index in [1.807, 2.05) is 18.2 Å². The zero-order chi connectivity index (χ0) is 9.26. The molecular formula is C10H6BrNO. The first-order valence-corrected chi connectivity index (χ1v) is 4.60. The van der Waals surface area contributed by atoms with Crippen LogP contribution in [0.25, 0.3) is 10.9 Å². The van der Waals surface area contributed by atoms with E-state index in [-0.39, 0.29) is 0 Å². The monoisotopic (exact) mass is 235 g/mol. The minimum atomic E-state index is 0.653. The van der Waals surface area contributed by atoms with Crippen LogP contribution in [-0.4, -0.2) is 11.3 Å². The van der Waals surface area contributed by atoms with Gasteiger partial charge >= 0.3 is 0 Å². The van der Waals surface area contributed by atoms with Crippen LogP contribution in [0.1, 0.15) is 10.4 Å². The molecule has 0 N–H and O–H groups in total. The molecule has 1 aromatic carbocycles. The Labute approximate surface area is 83.7 Å². The van der Waals surface area contributed by atoms with Gasteiger partial charge in [0.1, 0.15) is 0 Å². The highest BCUT2D eigenvalue weighted by atomic mass is 79.9. The molecule has 0 saturated heterocycles. The van der Waals surface area contributed by atoms with Gasteiger partial charge in [0.05, 0.1) is 5.52 Å². The van der Waals surface area contributed by atoms with Gasteiger partial charge in [-0.1, -0.05) is 6.07 Å². The van der Waals surface area contributed by atoms with Crippen LogP contribution in [-0.2, 0) is 0 Å². The molecular weight excluding hydrogens is 230 g/mol. The van der Waals surface area contributed by atoms with Crippen LogP contribution in [0.4, 0.5) is 0 Å². The molecule has 0 spiro atoms. The minimum absolute atomic E-state index is 0.653. The van der Waals surface area contributed by atoms with Gasteiger partial charge in [0, 0.05) is 21.6 Å². The van der Waals surface area contributed by atoms with Crippen LogP contribution in [0.2, 0.25) is 0 Å². The van der Waals surface area contributed by atoms with E-state index < -0.39 is 0 Å². The summed E-state index contributed by atoms with van der Waals surface area (Å²) in [4.78, 5) is 14.8. The zero-order valence-corrected chi connectivity index (χ0v) is 8.28. The Kier molecular flexibility index (Phi) is 2.10. The number of benzene rings is 1. The average Bonchev–Trinajstić information content (AvgIpc) is 2.19. The second-order valence-corrected chi connectivity index (χ2v) is 3.45. The first kappa shape index (κ1) is 8.38. The number of carbonyl (C=O) groups excluding carboxylic acids is 1. The summed E-state index contributed by atoms with van der Waals surface area (Å²) in [6.07, 6.45) is 2.56. The van der Waals surface area contributed by atoms with Gasteiger partial charge in [-0.25, -0.2) is 0 Å². The maximum absolute atomic E-state index is 10.6. The Morgan fingerprint density at radius 2 is 2.15 bits per heavy atom. The lowest BCUT2D eigenvalue weighted by atomic mass is 10.1. The maximum Gasteiger partial charge on any atom is 0.151 e. The summed E-state index contributed by atoms with van der Waals surface area (Å²) in [7, 11) is 0. The molecule has 0 amide bonds. The molecule has 0 atom stereocenters. The van der Waals surface area contributed by atoms with Crippen LogP contribution in [0.3, 0.4) is 0 Å². The van der Waals surface area contributed by atoms with E-state index in [4.69, 9.17) is 0 Å². The van der Waals surface area contributed by atoms with Crippen molar-refractivity contribution < 1.29 is 4.79 Å². The van der Waals surface area contributed by atoms with Crippen molar-refractivity contribution in [2.45, 2.75) is 0 Å². The Bertz CT molecular complexity index is 467. The summed E-state index contributed by atoms with van der Waals surface area (Å²) in [5.74, 6) is 0. The van der Waals surface area contributed by atoms with Gasteiger partial charge in [0.15, 0.2) is 6.29 Å². The van der Waals surface area contributed by atoms with Crippen molar-refractivity contribution in [2.75, 3.05) is 0 Å². The van der Waals surface area contributed by atoms with Crippen LogP contribution < -0.4 is 0 Å². The quantitative estimate of drug-likeness (QED) is 0.712. The molecule has 2 nitrogen and oxygen atoms in total. The van der Waals surface area contributed by atoms with Crippen molar-refractivity contribution in [2.24, 2.45) is 0 Å². The highest BCUT2D eigenvalue weighted by Gasteiger charge is 2.03. The Balaban J connectivity index is 2.86. The van der Waals surface area contributed by atoms with Crippen molar-refractivity contribution >= 4 is 33.1 Å². The third-order valence-corrected chi connectivity index (χ3v) is 2.76. The first-order chi connectivity index (χ1) is 6.33. The van der Waals surface area contributed by atoms with Gasteiger partial charge in [-0.15, -0.1) is 0 Å². The molecule has 1 heterocycles. The highest BCUT2D eigenvalue weighted by molar-refractivity contribution is 9.10. The number of aldehydes is 1. The fourth-order valence-electron chi connectivity index (χ4n) is 1.22. The summed E-state index contributed by atoms with van der Waals surface area (Å²) in [5.41, 5.74) is 1.54.